The molecule has 0 radical (unpaired) electrons. The molecule has 89 heavy (non-hydrogen) atoms. The highest BCUT2D eigenvalue weighted by Crippen LogP contribution is 2.51. The number of carbonyl (C=O) groups is 7. The number of benzene rings is 2. The van der Waals surface area contributed by atoms with E-state index in [1.807, 2.05) is 58.9 Å². The van der Waals surface area contributed by atoms with Crippen LogP contribution in [0, 0.1) is 37.0 Å². The number of carboxylic acids is 1. The lowest BCUT2D eigenvalue weighted by atomic mass is 9.88. The predicted octanol–water partition coefficient (Wildman–Crippen LogP) is 4.36. The van der Waals surface area contributed by atoms with Crippen molar-refractivity contribution in [2.75, 3.05) is 51.4 Å². The largest absolute Gasteiger partial charge is 0.484 e. The Morgan fingerprint density at radius 3 is 2.29 bits per heavy atom. The Bertz CT molecular complexity index is 3390. The summed E-state index contributed by atoms with van der Waals surface area (Å²) in [7, 11) is 0. The molecule has 474 valence electrons. The van der Waals surface area contributed by atoms with Gasteiger partial charge in [-0.15, -0.1) is 5.10 Å². The van der Waals surface area contributed by atoms with Crippen molar-refractivity contribution >= 4 is 47.1 Å². The number of anilines is 1. The lowest BCUT2D eigenvalue weighted by Gasteiger charge is -2.39. The van der Waals surface area contributed by atoms with Crippen LogP contribution >= 0.6 is 0 Å². The number of ether oxygens (including phenoxy) is 4. The predicted molar refractivity (Wildman–Crippen MR) is 321 cm³/mol. The van der Waals surface area contributed by atoms with Gasteiger partial charge in [-0.25, -0.2) is 14.5 Å². The van der Waals surface area contributed by atoms with Crippen molar-refractivity contribution in [3.8, 4) is 28.5 Å². The lowest BCUT2D eigenvalue weighted by molar-refractivity contribution is -0.151. The number of carboxylic acid groups (broad SMARTS) is 1. The smallest absolute Gasteiger partial charge is 0.326 e. The van der Waals surface area contributed by atoms with Crippen molar-refractivity contribution in [2.24, 2.45) is 23.2 Å². The average molecular weight is 1230 g/mol. The van der Waals surface area contributed by atoms with Gasteiger partial charge in [0.25, 0.3) is 17.7 Å². The quantitative estimate of drug-likeness (QED) is 0.0265. The number of aromatic nitrogens is 8. The Hall–Kier alpha value is -9.08. The van der Waals surface area contributed by atoms with Crippen LogP contribution in [-0.4, -0.2) is 167 Å². The minimum absolute atomic E-state index is 0.0172. The third-order valence-electron chi connectivity index (χ3n) is 15.5. The number of nitrogens with zero attached hydrogens (tertiary/aromatic N) is 8. The number of aliphatic hydroxyl groups is 1. The first-order valence-electron chi connectivity index (χ1n) is 29.9. The molecule has 1 saturated heterocycles. The fourth-order valence-corrected chi connectivity index (χ4v) is 10.5. The van der Waals surface area contributed by atoms with Gasteiger partial charge >= 0.3 is 5.97 Å². The minimum atomic E-state index is -1.12. The van der Waals surface area contributed by atoms with Gasteiger partial charge in [-0.2, -0.15) is 10.2 Å². The Balaban J connectivity index is 0.624. The fraction of sp³-hybridized carbons (Fsp3) is 0.484. The van der Waals surface area contributed by atoms with E-state index in [-0.39, 0.29) is 106 Å². The molecule has 27 heteroatoms. The Labute approximate surface area is 514 Å². The van der Waals surface area contributed by atoms with Gasteiger partial charge in [0.05, 0.1) is 49.4 Å². The third-order valence-corrected chi connectivity index (χ3v) is 15.5. The topological polar surface area (TPSA) is 350 Å². The number of amides is 6. The first-order valence-corrected chi connectivity index (χ1v) is 29.9. The Morgan fingerprint density at radius 2 is 1.62 bits per heavy atom. The van der Waals surface area contributed by atoms with E-state index in [1.165, 1.54) is 23.0 Å². The highest BCUT2D eigenvalue weighted by molar-refractivity contribution is 6.01. The van der Waals surface area contributed by atoms with E-state index in [4.69, 9.17) is 18.9 Å². The number of aliphatic hydroxyl groups excluding tert-OH is 1. The number of aromatic amines is 1. The van der Waals surface area contributed by atoms with Gasteiger partial charge in [0.1, 0.15) is 48.1 Å². The molecule has 2 saturated carbocycles. The van der Waals surface area contributed by atoms with E-state index < -0.39 is 48.4 Å². The monoisotopic (exact) mass is 1230 g/mol. The lowest BCUT2D eigenvalue weighted by Crippen LogP contribution is -2.57. The molecule has 1 unspecified atom stereocenters. The van der Waals surface area contributed by atoms with E-state index in [0.717, 1.165) is 48.2 Å². The number of aryl methyl sites for hydroxylation is 3. The summed E-state index contributed by atoms with van der Waals surface area (Å²) in [6, 6.07) is 16.1. The number of pyridine rings is 1. The number of H-pyrrole nitrogens is 1. The third kappa shape index (κ3) is 18.7. The number of hydrogen-bond acceptors (Lipinski definition) is 17. The molecule has 27 nitrogen and oxygen atoms in total. The van der Waals surface area contributed by atoms with Gasteiger partial charge in [0, 0.05) is 67.7 Å². The molecule has 3 atom stereocenters. The van der Waals surface area contributed by atoms with E-state index in [1.54, 1.807) is 52.3 Å². The maximum absolute atomic E-state index is 14.0. The maximum Gasteiger partial charge on any atom is 0.326 e. The van der Waals surface area contributed by atoms with Crippen LogP contribution < -0.4 is 36.1 Å². The van der Waals surface area contributed by atoms with Crippen LogP contribution in [0.15, 0.2) is 85.3 Å². The standard InChI is InChI=1S/C62H78N14O13/c1-37-55(38(2)71-70-37)39-14-17-43(18-15-39)67-60(83)57(56(40-10-11-40)41-12-13-41)69-59(82)50-21-24-65-76(50)25-7-23-63-51(78)31-75-28-44(72-73-75)33-86-36-54(80)74-29-48(30-74)87-34-45(32-77)66-52(79)35-88-46-8-6-9-47(26-46)89-53-19-16-42(27-64-53)58(81)68-49(61(84)85)20-22-62(3,4)5/h6,8-9,14-19,21,24,26-28,40-41,45,48-49,56-57,77H,7,10-13,20,22-23,25,29-36H2,1-5H3,(H,63,78)(H,66,79)(H,67,83)(H,68,81)(H,69,82)(H,70,71)(H,84,85)/t45?,49-,57-/m0/s1. The normalized spacial score (nSPS) is 15.1. The maximum atomic E-state index is 14.0. The van der Waals surface area contributed by atoms with E-state index in [9.17, 15) is 43.8 Å². The Kier molecular flexibility index (Phi) is 21.5. The second kappa shape index (κ2) is 29.7. The van der Waals surface area contributed by atoms with Crippen LogP contribution in [-0.2, 0) is 53.1 Å². The summed E-state index contributed by atoms with van der Waals surface area (Å²) in [5.41, 5.74) is 5.30. The van der Waals surface area contributed by atoms with Gasteiger partial charge in [0.15, 0.2) is 6.61 Å². The zero-order chi connectivity index (χ0) is 63.2. The molecule has 4 aromatic heterocycles. The van der Waals surface area contributed by atoms with Gasteiger partial charge < -0.3 is 60.6 Å². The second-order valence-corrected chi connectivity index (χ2v) is 24.0. The van der Waals surface area contributed by atoms with Gasteiger partial charge in [-0.05, 0) is 124 Å². The molecule has 9 rings (SSSR count). The Morgan fingerprint density at radius 1 is 0.865 bits per heavy atom. The SMILES string of the molecule is Cc1n[nH]c(C)c1-c1ccc(NC(=O)[C@@H](NC(=O)c2ccnn2CCCNC(=O)Cn2cc(COCC(=O)N3CC(OCC(CO)NC(=O)COc4cccc(Oc5ccc(C(=O)N[C@@H](CCC(C)(C)C)C(=O)O)cn5)c4)C3)nn2)C(C2CC2)C2CC2)cc1. The molecule has 1 aliphatic heterocycles. The van der Waals surface area contributed by atoms with Crippen molar-refractivity contribution in [2.45, 2.75) is 123 Å². The summed E-state index contributed by atoms with van der Waals surface area (Å²) in [5, 5.41) is 53.5. The van der Waals surface area contributed by atoms with E-state index >= 15 is 0 Å². The number of rotatable bonds is 33. The molecule has 0 spiro atoms. The van der Waals surface area contributed by atoms with Crippen LogP contribution in [0.4, 0.5) is 5.69 Å². The highest BCUT2D eigenvalue weighted by Gasteiger charge is 2.48. The molecular formula is C62H78N14O13. The summed E-state index contributed by atoms with van der Waals surface area (Å²) < 4.78 is 25.8. The molecule has 8 N–H and O–H groups in total. The van der Waals surface area contributed by atoms with E-state index in [2.05, 4.69) is 57.2 Å². The van der Waals surface area contributed by atoms with Crippen molar-refractivity contribution in [1.82, 2.24) is 66.1 Å². The van der Waals surface area contributed by atoms with Crippen molar-refractivity contribution in [1.29, 1.82) is 0 Å². The summed E-state index contributed by atoms with van der Waals surface area (Å²) >= 11 is 0. The molecule has 2 aliphatic carbocycles. The first kappa shape index (κ1) is 64.4. The molecule has 2 aromatic carbocycles. The first-order chi connectivity index (χ1) is 42.7. The van der Waals surface area contributed by atoms with Crippen LogP contribution in [0.2, 0.25) is 0 Å². The average Bonchev–Trinajstić information content (AvgIpc) is 2.34. The zero-order valence-electron chi connectivity index (χ0n) is 50.6. The second-order valence-electron chi connectivity index (χ2n) is 24.0. The molecule has 3 fully saturated rings. The van der Waals surface area contributed by atoms with Gasteiger partial charge in [-0.1, -0.05) is 44.2 Å². The number of nitrogens with one attached hydrogen (secondary N) is 6. The zero-order valence-corrected chi connectivity index (χ0v) is 50.6. The summed E-state index contributed by atoms with van der Waals surface area (Å²) in [5.74, 6) is -1.85. The molecule has 6 amide bonds. The van der Waals surface area contributed by atoms with Gasteiger partial charge in [-0.3, -0.25) is 38.5 Å². The molecule has 5 heterocycles. The fourth-order valence-electron chi connectivity index (χ4n) is 10.5. The van der Waals surface area contributed by atoms with Crippen LogP contribution in [0.3, 0.4) is 0 Å². The van der Waals surface area contributed by atoms with E-state index in [0.29, 0.717) is 59.8 Å². The summed E-state index contributed by atoms with van der Waals surface area (Å²) in [6.07, 6.45) is 9.53. The number of aliphatic carboxylic acids is 1. The van der Waals surface area contributed by atoms with Crippen molar-refractivity contribution < 1.29 is 62.7 Å². The van der Waals surface area contributed by atoms with Crippen LogP contribution in [0.25, 0.3) is 11.1 Å². The minimum Gasteiger partial charge on any atom is -0.484 e. The molecular weight excluding hydrogens is 1150 g/mol. The summed E-state index contributed by atoms with van der Waals surface area (Å²) in [6.45, 7) is 9.91. The van der Waals surface area contributed by atoms with Crippen LogP contribution in [0.5, 0.6) is 17.4 Å². The summed E-state index contributed by atoms with van der Waals surface area (Å²) in [4.78, 5) is 96.7. The molecule has 6 aromatic rings. The van der Waals surface area contributed by atoms with Crippen molar-refractivity contribution in [3.05, 3.63) is 114 Å². The number of likely N-dealkylation sites (tertiary alicyclic amines) is 1. The molecule has 0 bridgehead atoms. The highest BCUT2D eigenvalue weighted by atomic mass is 16.5. The van der Waals surface area contributed by atoms with Crippen molar-refractivity contribution in [3.63, 3.8) is 0 Å². The molecule has 3 aliphatic rings. The number of hydrogen-bond donors (Lipinski definition) is 8. The number of carbonyl (C=O) groups excluding carboxylic acids is 6. The van der Waals surface area contributed by atoms with Crippen LogP contribution in [0.1, 0.15) is 104 Å². The van der Waals surface area contributed by atoms with Gasteiger partial charge in [0.2, 0.25) is 23.6 Å².